The van der Waals surface area contributed by atoms with Crippen LogP contribution >= 0.6 is 0 Å². The van der Waals surface area contributed by atoms with Crippen molar-refractivity contribution in [2.45, 2.75) is 58.7 Å². The third-order valence-electron chi connectivity index (χ3n) is 3.34. The topological polar surface area (TPSA) is 40.5 Å². The third kappa shape index (κ3) is 4.11. The molecule has 0 aliphatic carbocycles. The fourth-order valence-corrected chi connectivity index (χ4v) is 1.95. The molecule has 0 aliphatic heterocycles. The molecule has 2 atom stereocenters. The number of aliphatic hydroxyl groups is 2. The van der Waals surface area contributed by atoms with Crippen molar-refractivity contribution in [2.24, 2.45) is 5.92 Å². The first-order valence-corrected chi connectivity index (χ1v) is 6.67. The molecule has 0 aromatic heterocycles. The van der Waals surface area contributed by atoms with Crippen LogP contribution in [0.4, 0.5) is 0 Å². The van der Waals surface area contributed by atoms with Crippen LogP contribution in [0.15, 0.2) is 24.3 Å². The van der Waals surface area contributed by atoms with Crippen LogP contribution in [0.25, 0.3) is 0 Å². The van der Waals surface area contributed by atoms with Crippen molar-refractivity contribution in [1.82, 2.24) is 0 Å². The molecule has 1 rings (SSSR count). The Hall–Kier alpha value is -0.860. The lowest BCUT2D eigenvalue weighted by Crippen LogP contribution is -2.32. The Labute approximate surface area is 111 Å². The van der Waals surface area contributed by atoms with Crippen LogP contribution in [0, 0.1) is 5.92 Å². The monoisotopic (exact) mass is 250 g/mol. The summed E-state index contributed by atoms with van der Waals surface area (Å²) in [5, 5.41) is 19.7. The first-order chi connectivity index (χ1) is 8.21. The molecule has 0 saturated carbocycles. The minimum atomic E-state index is -0.689. The normalized spacial score (nSPS) is 15.8. The highest BCUT2D eigenvalue weighted by molar-refractivity contribution is 5.27. The largest absolute Gasteiger partial charge is 0.390 e. The highest BCUT2D eigenvalue weighted by atomic mass is 16.3. The summed E-state index contributed by atoms with van der Waals surface area (Å²) < 4.78 is 0. The van der Waals surface area contributed by atoms with Gasteiger partial charge in [-0.15, -0.1) is 0 Å². The highest BCUT2D eigenvalue weighted by Gasteiger charge is 2.20. The number of hydrogen-bond acceptors (Lipinski definition) is 2. The molecule has 2 nitrogen and oxygen atoms in total. The second kappa shape index (κ2) is 5.85. The zero-order chi connectivity index (χ0) is 13.9. The van der Waals surface area contributed by atoms with Gasteiger partial charge in [-0.3, -0.25) is 0 Å². The van der Waals surface area contributed by atoms with E-state index in [0.717, 1.165) is 5.56 Å². The van der Waals surface area contributed by atoms with Gasteiger partial charge in [0.25, 0.3) is 0 Å². The van der Waals surface area contributed by atoms with Crippen LogP contribution < -0.4 is 0 Å². The molecule has 1 aromatic rings. The minimum absolute atomic E-state index is 0.0776. The molecule has 0 aliphatic rings. The van der Waals surface area contributed by atoms with E-state index in [2.05, 4.69) is 32.9 Å². The quantitative estimate of drug-likeness (QED) is 0.862. The molecule has 2 unspecified atom stereocenters. The van der Waals surface area contributed by atoms with Gasteiger partial charge in [0.1, 0.15) is 0 Å². The van der Waals surface area contributed by atoms with Gasteiger partial charge in [0.15, 0.2) is 0 Å². The lowest BCUT2D eigenvalue weighted by molar-refractivity contribution is -0.00731. The number of benzene rings is 1. The Morgan fingerprint density at radius 1 is 1.00 bits per heavy atom. The van der Waals surface area contributed by atoms with E-state index >= 15 is 0 Å². The van der Waals surface area contributed by atoms with Gasteiger partial charge >= 0.3 is 0 Å². The number of aliphatic hydroxyl groups excluding tert-OH is 2. The molecule has 0 amide bonds. The second-order valence-corrected chi connectivity index (χ2v) is 6.45. The zero-order valence-electron chi connectivity index (χ0n) is 12.1. The van der Waals surface area contributed by atoms with E-state index in [4.69, 9.17) is 0 Å². The van der Waals surface area contributed by atoms with Crippen molar-refractivity contribution in [2.75, 3.05) is 0 Å². The van der Waals surface area contributed by atoms with Crippen molar-refractivity contribution in [3.8, 4) is 0 Å². The van der Waals surface area contributed by atoms with E-state index in [-0.39, 0.29) is 11.3 Å². The molecular weight excluding hydrogens is 224 g/mol. The van der Waals surface area contributed by atoms with Gasteiger partial charge in [-0.25, -0.2) is 0 Å². The smallest absolute Gasteiger partial charge is 0.0841 e. The van der Waals surface area contributed by atoms with Crippen LogP contribution in [0.3, 0.4) is 0 Å². The highest BCUT2D eigenvalue weighted by Crippen LogP contribution is 2.22. The SMILES string of the molecule is CC(C)C(O)C(O)Cc1ccc(C(C)(C)C)cc1. The summed E-state index contributed by atoms with van der Waals surface area (Å²) in [5.74, 6) is 0.0776. The fourth-order valence-electron chi connectivity index (χ4n) is 1.95. The summed E-state index contributed by atoms with van der Waals surface area (Å²) in [4.78, 5) is 0. The van der Waals surface area contributed by atoms with Gasteiger partial charge in [0.2, 0.25) is 0 Å². The minimum Gasteiger partial charge on any atom is -0.390 e. The van der Waals surface area contributed by atoms with Gasteiger partial charge in [0.05, 0.1) is 12.2 Å². The van der Waals surface area contributed by atoms with Gasteiger partial charge < -0.3 is 10.2 Å². The van der Waals surface area contributed by atoms with Crippen LogP contribution in [-0.4, -0.2) is 22.4 Å². The van der Waals surface area contributed by atoms with Gasteiger partial charge in [0, 0.05) is 6.42 Å². The zero-order valence-corrected chi connectivity index (χ0v) is 12.1. The van der Waals surface area contributed by atoms with Crippen LogP contribution in [0.2, 0.25) is 0 Å². The van der Waals surface area contributed by atoms with Crippen LogP contribution in [0.5, 0.6) is 0 Å². The molecule has 2 N–H and O–H groups in total. The maximum absolute atomic E-state index is 9.92. The molecule has 0 heterocycles. The summed E-state index contributed by atoms with van der Waals surface area (Å²) in [6.45, 7) is 10.4. The van der Waals surface area contributed by atoms with E-state index in [0.29, 0.717) is 6.42 Å². The predicted octanol–water partition coefficient (Wildman–Crippen LogP) is 2.90. The Bertz CT molecular complexity index is 360. The number of hydrogen-bond donors (Lipinski definition) is 2. The Kier molecular flexibility index (Phi) is 4.94. The molecule has 0 fully saturated rings. The summed E-state index contributed by atoms with van der Waals surface area (Å²) in [6, 6.07) is 8.28. The standard InChI is InChI=1S/C16H26O2/c1-11(2)15(18)14(17)10-12-6-8-13(9-7-12)16(3,4)5/h6-9,11,14-15,17-18H,10H2,1-5H3. The summed E-state index contributed by atoms with van der Waals surface area (Å²) in [6.07, 6.45) is -0.846. The molecule has 1 aromatic carbocycles. The molecule has 2 heteroatoms. The van der Waals surface area contributed by atoms with Crippen molar-refractivity contribution < 1.29 is 10.2 Å². The fraction of sp³-hybridized carbons (Fsp3) is 0.625. The molecule has 102 valence electrons. The van der Waals surface area contributed by atoms with Crippen LogP contribution in [-0.2, 0) is 11.8 Å². The molecule has 0 radical (unpaired) electrons. The maximum Gasteiger partial charge on any atom is 0.0841 e. The van der Waals surface area contributed by atoms with Gasteiger partial charge in [-0.1, -0.05) is 58.9 Å². The van der Waals surface area contributed by atoms with E-state index in [1.807, 2.05) is 26.0 Å². The van der Waals surface area contributed by atoms with E-state index in [1.54, 1.807) is 0 Å². The summed E-state index contributed by atoms with van der Waals surface area (Å²) >= 11 is 0. The Morgan fingerprint density at radius 3 is 1.89 bits per heavy atom. The molecular formula is C16H26O2. The van der Waals surface area contributed by atoms with E-state index < -0.39 is 12.2 Å². The van der Waals surface area contributed by atoms with Crippen molar-refractivity contribution >= 4 is 0 Å². The lowest BCUT2D eigenvalue weighted by Gasteiger charge is -2.22. The van der Waals surface area contributed by atoms with E-state index in [9.17, 15) is 10.2 Å². The molecule has 0 saturated heterocycles. The average Bonchev–Trinajstić information content (AvgIpc) is 2.27. The Balaban J connectivity index is 2.70. The summed E-state index contributed by atoms with van der Waals surface area (Å²) in [7, 11) is 0. The van der Waals surface area contributed by atoms with Crippen LogP contribution in [0.1, 0.15) is 45.7 Å². The third-order valence-corrected chi connectivity index (χ3v) is 3.34. The second-order valence-electron chi connectivity index (χ2n) is 6.45. The van der Waals surface area contributed by atoms with Gasteiger partial charge in [-0.2, -0.15) is 0 Å². The lowest BCUT2D eigenvalue weighted by atomic mass is 9.86. The maximum atomic E-state index is 9.92. The predicted molar refractivity (Wildman–Crippen MR) is 75.7 cm³/mol. The average molecular weight is 250 g/mol. The number of rotatable bonds is 4. The van der Waals surface area contributed by atoms with Crippen molar-refractivity contribution in [1.29, 1.82) is 0 Å². The van der Waals surface area contributed by atoms with Crippen molar-refractivity contribution in [3.05, 3.63) is 35.4 Å². The van der Waals surface area contributed by atoms with Gasteiger partial charge in [-0.05, 0) is 22.5 Å². The van der Waals surface area contributed by atoms with E-state index in [1.165, 1.54) is 5.56 Å². The first-order valence-electron chi connectivity index (χ1n) is 6.67. The first kappa shape index (κ1) is 15.2. The Morgan fingerprint density at radius 2 is 1.50 bits per heavy atom. The van der Waals surface area contributed by atoms with Crippen molar-refractivity contribution in [3.63, 3.8) is 0 Å². The summed E-state index contributed by atoms with van der Waals surface area (Å²) in [5.41, 5.74) is 2.49. The molecule has 0 bridgehead atoms. The molecule has 18 heavy (non-hydrogen) atoms. The molecule has 0 spiro atoms.